The number of fused-ring (bicyclic) bond motifs is 1. The summed E-state index contributed by atoms with van der Waals surface area (Å²) in [5.74, 6) is 0.531. The van der Waals surface area contributed by atoms with Crippen molar-refractivity contribution in [1.82, 2.24) is 8.96 Å². The van der Waals surface area contributed by atoms with E-state index in [1.807, 2.05) is 6.92 Å². The van der Waals surface area contributed by atoms with Gasteiger partial charge in [-0.2, -0.15) is 0 Å². The number of nitrogens with zero attached hydrogens (tertiary/aromatic N) is 2. The van der Waals surface area contributed by atoms with Gasteiger partial charge >= 0.3 is 0 Å². The Labute approximate surface area is 154 Å². The molecule has 2 heterocycles. The van der Waals surface area contributed by atoms with Crippen molar-refractivity contribution in [1.29, 1.82) is 0 Å². The van der Waals surface area contributed by atoms with E-state index in [0.29, 0.717) is 16.7 Å². The Morgan fingerprint density at radius 3 is 2.55 bits per heavy atom. The number of aryl methyl sites for hydroxylation is 1. The fourth-order valence-corrected chi connectivity index (χ4v) is 3.68. The molecule has 0 aliphatic rings. The summed E-state index contributed by atoms with van der Waals surface area (Å²) in [6.45, 7) is 1.83. The molecule has 3 rings (SSSR count). The molecule has 0 unspecified atom stereocenters. The summed E-state index contributed by atoms with van der Waals surface area (Å²) in [7, 11) is -2.15. The molecule has 1 radical (unpaired) electrons. The van der Waals surface area contributed by atoms with Gasteiger partial charge < -0.3 is 9.72 Å². The van der Waals surface area contributed by atoms with Crippen LogP contribution in [0.4, 0.5) is 0 Å². The second-order valence-corrected chi connectivity index (χ2v) is 6.40. The average molecular weight is 390 g/mol. The van der Waals surface area contributed by atoms with Crippen LogP contribution >= 0.6 is 0 Å². The smallest absolute Gasteiger partial charge is 0.266 e. The van der Waals surface area contributed by atoms with E-state index in [0.717, 1.165) is 5.56 Å². The topological polar surface area (TPSA) is 61.2 Å². The fourth-order valence-electron chi connectivity index (χ4n) is 2.29. The summed E-state index contributed by atoms with van der Waals surface area (Å²) in [6.07, 6.45) is 5.83. The predicted molar refractivity (Wildman–Crippen MR) is 78.9 cm³/mol. The van der Waals surface area contributed by atoms with Gasteiger partial charge in [0.2, 0.25) is 0 Å². The van der Waals surface area contributed by atoms with Crippen molar-refractivity contribution in [2.24, 2.45) is 0 Å². The van der Waals surface area contributed by atoms with Gasteiger partial charge in [-0.1, -0.05) is 35.3 Å². The summed E-state index contributed by atoms with van der Waals surface area (Å²) in [6, 6.07) is 8.27. The maximum absolute atomic E-state index is 12.7. The Bertz CT molecular complexity index is 905. The van der Waals surface area contributed by atoms with Crippen LogP contribution in [0.3, 0.4) is 0 Å². The van der Waals surface area contributed by atoms with Gasteiger partial charge in [0.25, 0.3) is 10.0 Å². The summed E-state index contributed by atoms with van der Waals surface area (Å²) in [4.78, 5) is 4.15. The third-order valence-corrected chi connectivity index (χ3v) is 4.95. The largest absolute Gasteiger partial charge is 0.520 e. The van der Waals surface area contributed by atoms with Gasteiger partial charge in [-0.3, -0.25) is 3.97 Å². The van der Waals surface area contributed by atoms with Gasteiger partial charge in [0, 0.05) is 44.7 Å². The zero-order chi connectivity index (χ0) is 15.0. The maximum Gasteiger partial charge on any atom is 0.266 e. The van der Waals surface area contributed by atoms with Crippen molar-refractivity contribution < 1.29 is 45.9 Å². The number of benzene rings is 1. The van der Waals surface area contributed by atoms with Crippen molar-refractivity contribution >= 4 is 20.9 Å². The molecule has 0 spiro atoms. The predicted octanol–water partition coefficient (Wildman–Crippen LogP) is 2.39. The normalized spacial score (nSPS) is 11.2. The first-order valence-electron chi connectivity index (χ1n) is 6.28. The van der Waals surface area contributed by atoms with E-state index in [9.17, 15) is 8.42 Å². The Morgan fingerprint density at radius 1 is 1.23 bits per heavy atom. The van der Waals surface area contributed by atoms with Crippen LogP contribution in [0.15, 0.2) is 47.6 Å². The molecule has 0 amide bonds. The van der Waals surface area contributed by atoms with E-state index in [2.05, 4.69) is 11.2 Å². The molecule has 5 nitrogen and oxygen atoms in total. The Morgan fingerprint density at radius 2 is 1.91 bits per heavy atom. The summed E-state index contributed by atoms with van der Waals surface area (Å²) in [5.41, 5.74) is 1.18. The molecular weight excluding hydrogens is 377 g/mol. The second-order valence-electron chi connectivity index (χ2n) is 4.59. The molecule has 0 aliphatic heterocycles. The first kappa shape index (κ1) is 17.1. The minimum absolute atomic E-state index is 0. The van der Waals surface area contributed by atoms with Crippen LogP contribution in [0.25, 0.3) is 10.9 Å². The van der Waals surface area contributed by atoms with E-state index in [4.69, 9.17) is 4.74 Å². The molecule has 0 saturated carbocycles. The molecule has 0 aliphatic carbocycles. The van der Waals surface area contributed by atoms with Crippen LogP contribution in [-0.4, -0.2) is 24.5 Å². The molecule has 0 saturated heterocycles. The molecular formula is C15H13N2O3SY-. The maximum atomic E-state index is 12.7. The Hall–Kier alpha value is -1.24. The molecule has 22 heavy (non-hydrogen) atoms. The van der Waals surface area contributed by atoms with Gasteiger partial charge in [-0.05, 0) is 30.8 Å². The SMILES string of the molecule is COc1cn[c-]c2c1c(C)cn2S(=O)(=O)c1ccccc1.[Y]. The number of pyridine rings is 1. The minimum Gasteiger partial charge on any atom is -0.520 e. The zero-order valence-electron chi connectivity index (χ0n) is 12.1. The van der Waals surface area contributed by atoms with E-state index < -0.39 is 10.0 Å². The summed E-state index contributed by atoms with van der Waals surface area (Å²) >= 11 is 0. The second kappa shape index (κ2) is 6.48. The standard InChI is InChI=1S/C15H13N2O3S.Y/c1-11-10-17(13-8-16-9-14(20-2)15(11)13)21(18,19)12-6-4-3-5-7-12;/h3-7,9-10H,1-2H3;/q-1;. The molecule has 0 atom stereocenters. The van der Waals surface area contributed by atoms with Crippen LogP contribution in [0.5, 0.6) is 5.75 Å². The molecule has 7 heteroatoms. The van der Waals surface area contributed by atoms with Gasteiger partial charge in [-0.25, -0.2) is 8.42 Å². The molecule has 0 fully saturated rings. The Balaban J connectivity index is 0.00000176. The number of hydrogen-bond donors (Lipinski definition) is 0. The van der Waals surface area contributed by atoms with Crippen molar-refractivity contribution in [3.63, 3.8) is 0 Å². The Kier molecular flexibility index (Phi) is 5.05. The summed E-state index contributed by atoms with van der Waals surface area (Å²) in [5, 5.41) is 0.701. The van der Waals surface area contributed by atoms with Crippen molar-refractivity contribution in [3.05, 3.63) is 54.5 Å². The number of rotatable bonds is 3. The van der Waals surface area contributed by atoms with E-state index >= 15 is 0 Å². The number of hydrogen-bond acceptors (Lipinski definition) is 4. The minimum atomic E-state index is -3.68. The van der Waals surface area contributed by atoms with Gasteiger partial charge in [-0.15, -0.1) is 0 Å². The molecule has 0 bridgehead atoms. The molecule has 3 aromatic rings. The van der Waals surface area contributed by atoms with Crippen LogP contribution < -0.4 is 4.74 Å². The zero-order valence-corrected chi connectivity index (χ0v) is 15.8. The van der Waals surface area contributed by atoms with Gasteiger partial charge in [0.1, 0.15) is 0 Å². The quantitative estimate of drug-likeness (QED) is 0.645. The van der Waals surface area contributed by atoms with Crippen LogP contribution in [-0.2, 0) is 42.7 Å². The first-order valence-corrected chi connectivity index (χ1v) is 7.72. The number of aromatic nitrogens is 2. The van der Waals surface area contributed by atoms with E-state index in [1.165, 1.54) is 17.3 Å². The van der Waals surface area contributed by atoms with Gasteiger partial charge in [0.05, 0.1) is 12.0 Å². The van der Waals surface area contributed by atoms with E-state index in [1.54, 1.807) is 36.5 Å². The number of methoxy groups -OCH3 is 1. The average Bonchev–Trinajstić information content (AvgIpc) is 2.86. The first-order chi connectivity index (χ1) is 10.1. The summed E-state index contributed by atoms with van der Waals surface area (Å²) < 4.78 is 31.9. The van der Waals surface area contributed by atoms with Gasteiger partial charge in [0.15, 0.2) is 0 Å². The molecule has 111 valence electrons. The van der Waals surface area contributed by atoms with Crippen molar-refractivity contribution in [2.45, 2.75) is 11.8 Å². The molecule has 0 N–H and O–H groups in total. The van der Waals surface area contributed by atoms with E-state index in [-0.39, 0.29) is 37.6 Å². The fraction of sp³-hybridized carbons (Fsp3) is 0.133. The molecule has 1 aromatic carbocycles. The monoisotopic (exact) mass is 390 g/mol. The number of ether oxygens (including phenoxy) is 1. The van der Waals surface area contributed by atoms with Crippen LogP contribution in [0.1, 0.15) is 5.56 Å². The van der Waals surface area contributed by atoms with Crippen LogP contribution in [0, 0.1) is 13.1 Å². The van der Waals surface area contributed by atoms with Crippen molar-refractivity contribution in [3.8, 4) is 5.75 Å². The third kappa shape index (κ3) is 2.71. The third-order valence-electron chi connectivity index (χ3n) is 3.28. The molecule has 2 aromatic heterocycles. The van der Waals surface area contributed by atoms with Crippen molar-refractivity contribution in [2.75, 3.05) is 7.11 Å². The van der Waals surface area contributed by atoms with Crippen LogP contribution in [0.2, 0.25) is 0 Å².